The topological polar surface area (TPSA) is 80.9 Å². The van der Waals surface area contributed by atoms with E-state index in [-0.39, 0.29) is 11.2 Å². The van der Waals surface area contributed by atoms with E-state index in [2.05, 4.69) is 28.5 Å². The molecule has 1 aromatic heterocycles. The first-order valence-electron chi connectivity index (χ1n) is 8.09. The van der Waals surface area contributed by atoms with Crippen LogP contribution in [0.1, 0.15) is 29.8 Å². The maximum atomic E-state index is 13.1. The minimum atomic E-state index is -0.465. The van der Waals surface area contributed by atoms with E-state index in [0.29, 0.717) is 23.1 Å². The number of hydrogen-bond donors (Lipinski definition) is 2. The van der Waals surface area contributed by atoms with E-state index in [0.717, 1.165) is 11.1 Å². The van der Waals surface area contributed by atoms with Crippen molar-refractivity contribution in [1.82, 2.24) is 9.36 Å². The zero-order chi connectivity index (χ0) is 18.7. The second kappa shape index (κ2) is 7.21. The van der Waals surface area contributed by atoms with Gasteiger partial charge in [0.05, 0.1) is 0 Å². The Morgan fingerprint density at radius 1 is 1.15 bits per heavy atom. The van der Waals surface area contributed by atoms with E-state index >= 15 is 0 Å². The lowest BCUT2D eigenvalue weighted by molar-refractivity contribution is 0.100. The number of anilines is 1. The number of carbonyl (C=O) groups is 1. The van der Waals surface area contributed by atoms with Gasteiger partial charge in [-0.3, -0.25) is 4.79 Å². The zero-order valence-electron chi connectivity index (χ0n) is 14.5. The van der Waals surface area contributed by atoms with Crippen LogP contribution in [-0.2, 0) is 5.41 Å². The Hall–Kier alpha value is -2.80. The van der Waals surface area contributed by atoms with E-state index < -0.39 is 5.91 Å². The highest BCUT2D eigenvalue weighted by molar-refractivity contribution is 7.09. The minimum absolute atomic E-state index is 0.192. The molecular formula is C19H19FN4OS. The number of aromatic nitrogens is 2. The fraction of sp³-hybridized carbons (Fsp3) is 0.211. The van der Waals surface area contributed by atoms with Crippen LogP contribution < -0.4 is 11.1 Å². The van der Waals surface area contributed by atoms with Gasteiger partial charge in [-0.15, -0.1) is 0 Å². The minimum Gasteiger partial charge on any atom is -0.366 e. The maximum Gasteiger partial charge on any atom is 0.248 e. The third-order valence-electron chi connectivity index (χ3n) is 4.16. The molecule has 2 aromatic carbocycles. The molecule has 0 saturated carbocycles. The van der Waals surface area contributed by atoms with Gasteiger partial charge in [-0.25, -0.2) is 4.39 Å². The molecule has 3 aromatic rings. The van der Waals surface area contributed by atoms with Crippen LogP contribution in [0.25, 0.3) is 11.4 Å². The summed E-state index contributed by atoms with van der Waals surface area (Å²) in [7, 11) is 0. The van der Waals surface area contributed by atoms with Gasteiger partial charge in [-0.05, 0) is 29.8 Å². The lowest BCUT2D eigenvalue weighted by atomic mass is 9.85. The quantitative estimate of drug-likeness (QED) is 0.691. The van der Waals surface area contributed by atoms with Crippen molar-refractivity contribution < 1.29 is 9.18 Å². The molecule has 7 heteroatoms. The molecule has 0 aliphatic heterocycles. The third kappa shape index (κ3) is 4.05. The number of rotatable bonds is 6. The summed E-state index contributed by atoms with van der Waals surface area (Å²) in [6.07, 6.45) is 0. The first kappa shape index (κ1) is 18.0. The van der Waals surface area contributed by atoms with Crippen molar-refractivity contribution in [2.45, 2.75) is 19.3 Å². The first-order chi connectivity index (χ1) is 12.3. The van der Waals surface area contributed by atoms with Gasteiger partial charge in [0, 0.05) is 34.6 Å². The van der Waals surface area contributed by atoms with Crippen LogP contribution in [0.15, 0.2) is 48.5 Å². The summed E-state index contributed by atoms with van der Waals surface area (Å²) in [5, 5.41) is 4.00. The predicted molar refractivity (Wildman–Crippen MR) is 102 cm³/mol. The molecule has 0 unspecified atom stereocenters. The molecule has 0 saturated heterocycles. The molecule has 0 bridgehead atoms. The SMILES string of the molecule is CC(C)(CNc1nc(-c2ccc(C(N)=O)cc2)ns1)c1ccc(F)cc1. The highest BCUT2D eigenvalue weighted by Gasteiger charge is 2.21. The van der Waals surface area contributed by atoms with Crippen molar-refractivity contribution in [3.8, 4) is 11.4 Å². The average Bonchev–Trinajstić information content (AvgIpc) is 3.10. The lowest BCUT2D eigenvalue weighted by Crippen LogP contribution is -2.27. The number of hydrogen-bond acceptors (Lipinski definition) is 5. The van der Waals surface area contributed by atoms with Gasteiger partial charge < -0.3 is 11.1 Å². The van der Waals surface area contributed by atoms with Crippen molar-refractivity contribution in [2.75, 3.05) is 11.9 Å². The Labute approximate surface area is 155 Å². The second-order valence-corrected chi connectivity index (χ2v) is 7.36. The van der Waals surface area contributed by atoms with Crippen LogP contribution in [0.2, 0.25) is 0 Å². The Morgan fingerprint density at radius 3 is 2.42 bits per heavy atom. The number of primary amides is 1. The van der Waals surface area contributed by atoms with Crippen LogP contribution in [-0.4, -0.2) is 21.8 Å². The normalized spacial score (nSPS) is 11.3. The monoisotopic (exact) mass is 370 g/mol. The first-order valence-corrected chi connectivity index (χ1v) is 8.86. The van der Waals surface area contributed by atoms with Crippen LogP contribution in [0.5, 0.6) is 0 Å². The molecule has 0 aliphatic carbocycles. The standard InChI is InChI=1S/C19H19FN4OS/c1-19(2,14-7-9-15(20)10-8-14)11-22-18-23-17(24-26-18)13-5-3-12(4-6-13)16(21)25/h3-10H,11H2,1-2H3,(H2,21,25)(H,22,23,24). The molecule has 26 heavy (non-hydrogen) atoms. The van der Waals surface area contributed by atoms with E-state index in [1.54, 1.807) is 36.4 Å². The van der Waals surface area contributed by atoms with Crippen LogP contribution >= 0.6 is 11.5 Å². The Kier molecular flexibility index (Phi) is 4.99. The summed E-state index contributed by atoms with van der Waals surface area (Å²) in [4.78, 5) is 15.6. The predicted octanol–water partition coefficient (Wildman–Crippen LogP) is 3.83. The number of halogens is 1. The molecule has 0 spiro atoms. The smallest absolute Gasteiger partial charge is 0.248 e. The largest absolute Gasteiger partial charge is 0.366 e. The fourth-order valence-corrected chi connectivity index (χ4v) is 3.08. The summed E-state index contributed by atoms with van der Waals surface area (Å²) < 4.78 is 17.4. The molecule has 3 rings (SSSR count). The summed E-state index contributed by atoms with van der Waals surface area (Å²) in [6.45, 7) is 4.79. The molecule has 0 fully saturated rings. The fourth-order valence-electron chi connectivity index (χ4n) is 2.50. The molecule has 1 amide bonds. The number of benzene rings is 2. The molecule has 0 radical (unpaired) electrons. The molecule has 3 N–H and O–H groups in total. The van der Waals surface area contributed by atoms with Gasteiger partial charge in [0.25, 0.3) is 0 Å². The van der Waals surface area contributed by atoms with E-state index in [1.807, 2.05) is 0 Å². The Morgan fingerprint density at radius 2 is 1.81 bits per heavy atom. The molecule has 5 nitrogen and oxygen atoms in total. The van der Waals surface area contributed by atoms with Crippen molar-refractivity contribution >= 4 is 22.6 Å². The summed E-state index contributed by atoms with van der Waals surface area (Å²) >= 11 is 1.27. The highest BCUT2D eigenvalue weighted by atomic mass is 32.1. The van der Waals surface area contributed by atoms with Gasteiger partial charge in [-0.2, -0.15) is 9.36 Å². The van der Waals surface area contributed by atoms with Gasteiger partial charge in [0.2, 0.25) is 11.0 Å². The molecule has 1 heterocycles. The van der Waals surface area contributed by atoms with Gasteiger partial charge in [0.15, 0.2) is 5.82 Å². The number of nitrogens with zero attached hydrogens (tertiary/aromatic N) is 2. The Bertz CT molecular complexity index is 904. The molecule has 0 aliphatic rings. The molecule has 134 valence electrons. The van der Waals surface area contributed by atoms with Crippen LogP contribution in [0, 0.1) is 5.82 Å². The van der Waals surface area contributed by atoms with Crippen molar-refractivity contribution in [2.24, 2.45) is 5.73 Å². The second-order valence-electron chi connectivity index (χ2n) is 6.61. The summed E-state index contributed by atoms with van der Waals surface area (Å²) in [5.41, 5.74) is 7.36. The number of carbonyl (C=O) groups excluding carboxylic acids is 1. The third-order valence-corrected chi connectivity index (χ3v) is 4.83. The lowest BCUT2D eigenvalue weighted by Gasteiger charge is -2.25. The van der Waals surface area contributed by atoms with Crippen LogP contribution in [0.3, 0.4) is 0 Å². The summed E-state index contributed by atoms with van der Waals surface area (Å²) in [5.74, 6) is -0.116. The van der Waals surface area contributed by atoms with Crippen molar-refractivity contribution in [3.05, 3.63) is 65.5 Å². The molecular weight excluding hydrogens is 351 g/mol. The van der Waals surface area contributed by atoms with Gasteiger partial charge >= 0.3 is 0 Å². The van der Waals surface area contributed by atoms with Crippen LogP contribution in [0.4, 0.5) is 9.52 Å². The van der Waals surface area contributed by atoms with Gasteiger partial charge in [-0.1, -0.05) is 38.1 Å². The number of nitrogens with two attached hydrogens (primary N) is 1. The van der Waals surface area contributed by atoms with E-state index in [1.165, 1.54) is 23.7 Å². The van der Waals surface area contributed by atoms with E-state index in [4.69, 9.17) is 5.73 Å². The summed E-state index contributed by atoms with van der Waals surface area (Å²) in [6, 6.07) is 13.4. The zero-order valence-corrected chi connectivity index (χ0v) is 15.3. The highest BCUT2D eigenvalue weighted by Crippen LogP contribution is 2.26. The average molecular weight is 370 g/mol. The van der Waals surface area contributed by atoms with Crippen molar-refractivity contribution in [3.63, 3.8) is 0 Å². The maximum absolute atomic E-state index is 13.1. The van der Waals surface area contributed by atoms with Crippen molar-refractivity contribution in [1.29, 1.82) is 0 Å². The Balaban J connectivity index is 1.68. The van der Waals surface area contributed by atoms with E-state index in [9.17, 15) is 9.18 Å². The number of amides is 1. The van der Waals surface area contributed by atoms with Gasteiger partial charge in [0.1, 0.15) is 5.82 Å². The number of nitrogens with one attached hydrogen (secondary N) is 1. The molecule has 0 atom stereocenters.